The molecule has 1 saturated heterocycles. The van der Waals surface area contributed by atoms with Gasteiger partial charge in [-0.3, -0.25) is 4.79 Å². The minimum Gasteiger partial charge on any atom is -0.477 e. The second-order valence-electron chi connectivity index (χ2n) is 12.4. The molecule has 3 heterocycles. The number of benzene rings is 2. The van der Waals surface area contributed by atoms with Crippen LogP contribution in [0.15, 0.2) is 53.4 Å². The van der Waals surface area contributed by atoms with Gasteiger partial charge in [0.15, 0.2) is 0 Å². The van der Waals surface area contributed by atoms with Gasteiger partial charge in [-0.1, -0.05) is 51.1 Å². The molecule has 0 saturated carbocycles. The standard InChI is InChI=1S/C31H38N4O4S/c1-19-9-7-10-20(2)27(19)25-16-26-33-30(32-25)34-40(37,38)23-12-8-11-21(15-23)28(24-13-14-35(6)29(24)36)22(18-39-26)17-31(3,4)5/h7-12,15-16,22,24,28H,13-14,17-18H2,1-6H3,(H,32,33,34)/t22-,24?,28?/m1/s1. The highest BCUT2D eigenvalue weighted by Crippen LogP contribution is 2.44. The zero-order chi connectivity index (χ0) is 28.8. The summed E-state index contributed by atoms with van der Waals surface area (Å²) in [6, 6.07) is 14.7. The third-order valence-corrected chi connectivity index (χ3v) is 9.27. The summed E-state index contributed by atoms with van der Waals surface area (Å²) in [5, 5.41) is 0. The number of carbonyl (C=O) groups is 1. The minimum atomic E-state index is -4.02. The average molecular weight is 563 g/mol. The molecule has 1 fully saturated rings. The van der Waals surface area contributed by atoms with Crippen LogP contribution in [0.3, 0.4) is 0 Å². The Morgan fingerprint density at radius 1 is 1.05 bits per heavy atom. The van der Waals surface area contributed by atoms with Crippen molar-refractivity contribution in [3.63, 3.8) is 0 Å². The van der Waals surface area contributed by atoms with Crippen molar-refractivity contribution in [3.8, 4) is 17.1 Å². The first-order valence-corrected chi connectivity index (χ1v) is 15.3. The molecule has 4 bridgehead atoms. The van der Waals surface area contributed by atoms with Crippen LogP contribution in [0.25, 0.3) is 11.3 Å². The number of rotatable bonds is 3. The lowest BCUT2D eigenvalue weighted by Crippen LogP contribution is -2.34. The third-order valence-electron chi connectivity index (χ3n) is 7.95. The van der Waals surface area contributed by atoms with Gasteiger partial charge >= 0.3 is 0 Å². The van der Waals surface area contributed by atoms with Gasteiger partial charge in [0.25, 0.3) is 10.0 Å². The van der Waals surface area contributed by atoms with Crippen LogP contribution >= 0.6 is 0 Å². The summed E-state index contributed by atoms with van der Waals surface area (Å²) < 4.78 is 36.2. The summed E-state index contributed by atoms with van der Waals surface area (Å²) in [6.07, 6.45) is 1.49. The van der Waals surface area contributed by atoms with Crippen LogP contribution in [0.4, 0.5) is 5.95 Å². The van der Waals surface area contributed by atoms with Crippen LogP contribution in [-0.2, 0) is 14.8 Å². The van der Waals surface area contributed by atoms with E-state index in [0.717, 1.165) is 28.7 Å². The summed E-state index contributed by atoms with van der Waals surface area (Å²) in [6.45, 7) is 11.5. The zero-order valence-electron chi connectivity index (χ0n) is 24.1. The number of hydrogen-bond donors (Lipinski definition) is 1. The Kier molecular flexibility index (Phi) is 7.37. The largest absolute Gasteiger partial charge is 0.477 e. The summed E-state index contributed by atoms with van der Waals surface area (Å²) in [5.41, 5.74) is 4.30. The number of likely N-dealkylation sites (tertiary alicyclic amines) is 1. The number of aryl methyl sites for hydroxylation is 2. The van der Waals surface area contributed by atoms with Gasteiger partial charge in [-0.15, -0.1) is 0 Å². The molecular formula is C31H38N4O4S. The normalized spacial score (nSPS) is 22.6. The highest BCUT2D eigenvalue weighted by atomic mass is 32.2. The van der Waals surface area contributed by atoms with Crippen molar-refractivity contribution in [2.45, 2.75) is 58.3 Å². The van der Waals surface area contributed by atoms with Crippen molar-refractivity contribution in [2.75, 3.05) is 24.9 Å². The van der Waals surface area contributed by atoms with E-state index in [0.29, 0.717) is 31.1 Å². The van der Waals surface area contributed by atoms with Crippen molar-refractivity contribution in [1.82, 2.24) is 14.9 Å². The highest BCUT2D eigenvalue weighted by molar-refractivity contribution is 7.92. The average Bonchev–Trinajstić information content (AvgIpc) is 3.19. The molecule has 1 aromatic heterocycles. The van der Waals surface area contributed by atoms with Gasteiger partial charge < -0.3 is 9.64 Å². The van der Waals surface area contributed by atoms with Crippen LogP contribution in [-0.4, -0.2) is 49.4 Å². The molecule has 40 heavy (non-hydrogen) atoms. The van der Waals surface area contributed by atoms with Gasteiger partial charge in [-0.2, -0.15) is 4.98 Å². The van der Waals surface area contributed by atoms with E-state index in [4.69, 9.17) is 4.74 Å². The van der Waals surface area contributed by atoms with Crippen LogP contribution in [0.2, 0.25) is 0 Å². The lowest BCUT2D eigenvalue weighted by Gasteiger charge is -2.35. The second-order valence-corrected chi connectivity index (χ2v) is 14.1. The number of fused-ring (bicyclic) bond motifs is 4. The lowest BCUT2D eigenvalue weighted by molar-refractivity contribution is -0.131. The molecule has 2 aromatic carbocycles. The molecule has 2 aliphatic rings. The Morgan fingerprint density at radius 2 is 1.75 bits per heavy atom. The van der Waals surface area contributed by atoms with Crippen molar-refractivity contribution in [1.29, 1.82) is 0 Å². The fourth-order valence-electron chi connectivity index (χ4n) is 6.24. The van der Waals surface area contributed by atoms with Gasteiger partial charge in [0.05, 0.1) is 17.2 Å². The van der Waals surface area contributed by atoms with E-state index in [1.807, 2.05) is 45.2 Å². The topological polar surface area (TPSA) is 101 Å². The lowest BCUT2D eigenvalue weighted by atomic mass is 9.70. The van der Waals surface area contributed by atoms with Crippen molar-refractivity contribution < 1.29 is 17.9 Å². The highest BCUT2D eigenvalue weighted by Gasteiger charge is 2.42. The molecule has 0 aliphatic carbocycles. The number of carbonyl (C=O) groups excluding carboxylic acids is 1. The van der Waals surface area contributed by atoms with E-state index < -0.39 is 10.0 Å². The minimum absolute atomic E-state index is 0.0438. The molecule has 0 spiro atoms. The molecule has 1 amide bonds. The number of ether oxygens (including phenoxy) is 1. The number of nitrogens with zero attached hydrogens (tertiary/aromatic N) is 3. The molecule has 9 heteroatoms. The fourth-order valence-corrected chi connectivity index (χ4v) is 7.24. The van der Waals surface area contributed by atoms with E-state index >= 15 is 0 Å². The van der Waals surface area contributed by atoms with E-state index in [1.54, 1.807) is 29.2 Å². The molecule has 212 valence electrons. The maximum absolute atomic E-state index is 13.6. The smallest absolute Gasteiger partial charge is 0.264 e. The third kappa shape index (κ3) is 5.70. The molecule has 1 N–H and O–H groups in total. The maximum atomic E-state index is 13.6. The molecule has 2 aliphatic heterocycles. The maximum Gasteiger partial charge on any atom is 0.264 e. The van der Waals surface area contributed by atoms with Crippen LogP contribution in [0, 0.1) is 31.1 Å². The van der Waals surface area contributed by atoms with E-state index in [2.05, 4.69) is 35.5 Å². The molecular weight excluding hydrogens is 524 g/mol. The SMILES string of the molecule is Cc1cccc(C)c1-c1cc2nc(n1)NS(=O)(=O)c1cccc(c1)C(C1CCN(C)C1=O)[C@H](CC(C)(C)C)CO2. The number of hydrogen-bond acceptors (Lipinski definition) is 6. The summed E-state index contributed by atoms with van der Waals surface area (Å²) in [5.74, 6) is -0.205. The fraction of sp³-hybridized carbons (Fsp3) is 0.452. The number of anilines is 1. The Bertz CT molecular complexity index is 1530. The quantitative estimate of drug-likeness (QED) is 0.448. The molecule has 5 rings (SSSR count). The Balaban J connectivity index is 1.69. The number of aromatic nitrogens is 2. The van der Waals surface area contributed by atoms with Crippen LogP contribution in [0.1, 0.15) is 56.2 Å². The van der Waals surface area contributed by atoms with E-state index in [-0.39, 0.29) is 39.9 Å². The molecule has 3 aromatic rings. The first-order chi connectivity index (χ1) is 18.8. The molecule has 3 atom stereocenters. The van der Waals surface area contributed by atoms with Gasteiger partial charge in [0.2, 0.25) is 17.7 Å². The van der Waals surface area contributed by atoms with Crippen LogP contribution < -0.4 is 9.46 Å². The monoisotopic (exact) mass is 562 g/mol. The van der Waals surface area contributed by atoms with Gasteiger partial charge in [-0.25, -0.2) is 18.1 Å². The van der Waals surface area contributed by atoms with Crippen LogP contribution in [0.5, 0.6) is 5.88 Å². The number of nitrogens with one attached hydrogen (secondary N) is 1. The Labute approximate surface area is 237 Å². The predicted octanol–water partition coefficient (Wildman–Crippen LogP) is 5.57. The summed E-state index contributed by atoms with van der Waals surface area (Å²) in [7, 11) is -2.19. The predicted molar refractivity (Wildman–Crippen MR) is 156 cm³/mol. The number of sulfonamides is 1. The first-order valence-electron chi connectivity index (χ1n) is 13.8. The van der Waals surface area contributed by atoms with Gasteiger partial charge in [0, 0.05) is 43.0 Å². The van der Waals surface area contributed by atoms with Crippen molar-refractivity contribution in [3.05, 3.63) is 65.2 Å². The van der Waals surface area contributed by atoms with E-state index in [9.17, 15) is 13.2 Å². The molecule has 8 nitrogen and oxygen atoms in total. The first kappa shape index (κ1) is 28.1. The summed E-state index contributed by atoms with van der Waals surface area (Å²) in [4.78, 5) is 24.3. The number of amides is 1. The van der Waals surface area contributed by atoms with Crippen molar-refractivity contribution in [2.24, 2.45) is 17.3 Å². The van der Waals surface area contributed by atoms with E-state index in [1.165, 1.54) is 0 Å². The molecule has 2 unspecified atom stereocenters. The Hall–Kier alpha value is -3.46. The molecule has 0 radical (unpaired) electrons. The second kappa shape index (κ2) is 10.5. The Morgan fingerprint density at radius 3 is 2.40 bits per heavy atom. The van der Waals surface area contributed by atoms with Gasteiger partial charge in [0.1, 0.15) is 0 Å². The summed E-state index contributed by atoms with van der Waals surface area (Å²) >= 11 is 0. The zero-order valence-corrected chi connectivity index (χ0v) is 24.9. The van der Waals surface area contributed by atoms with Crippen molar-refractivity contribution >= 4 is 21.9 Å². The van der Waals surface area contributed by atoms with Gasteiger partial charge in [-0.05, 0) is 60.9 Å².